The quantitative estimate of drug-likeness (QED) is 0.538. The van der Waals surface area contributed by atoms with Gasteiger partial charge in [0.1, 0.15) is 17.2 Å². The van der Waals surface area contributed by atoms with Crippen molar-refractivity contribution < 1.29 is 28.2 Å². The Bertz CT molecular complexity index is 1130. The Morgan fingerprint density at radius 3 is 2.48 bits per heavy atom. The molecule has 0 bridgehead atoms. The van der Waals surface area contributed by atoms with Crippen LogP contribution in [0.1, 0.15) is 44.4 Å². The summed E-state index contributed by atoms with van der Waals surface area (Å²) < 4.78 is 24.7. The van der Waals surface area contributed by atoms with Gasteiger partial charge in [0.05, 0.1) is 18.4 Å². The number of imide groups is 1. The van der Waals surface area contributed by atoms with Crippen molar-refractivity contribution >= 4 is 34.9 Å². The molecule has 0 aromatic heterocycles. The number of amides is 3. The van der Waals surface area contributed by atoms with Gasteiger partial charge in [0.2, 0.25) is 5.91 Å². The second-order valence-corrected chi connectivity index (χ2v) is 8.61. The van der Waals surface area contributed by atoms with Crippen molar-refractivity contribution in [2.45, 2.75) is 39.7 Å². The molecule has 33 heavy (non-hydrogen) atoms. The first-order valence-corrected chi connectivity index (χ1v) is 10.5. The molecule has 7 nitrogen and oxygen atoms in total. The van der Waals surface area contributed by atoms with Gasteiger partial charge in [-0.25, -0.2) is 14.1 Å². The summed E-state index contributed by atoms with van der Waals surface area (Å²) in [6.45, 7) is 6.98. The number of alkyl carbamates (subject to hydrolysis) is 1. The van der Waals surface area contributed by atoms with Gasteiger partial charge in [-0.05, 0) is 57.0 Å². The molecule has 0 spiro atoms. The van der Waals surface area contributed by atoms with Gasteiger partial charge < -0.3 is 14.8 Å². The number of anilines is 1. The van der Waals surface area contributed by atoms with Gasteiger partial charge in [-0.3, -0.25) is 9.59 Å². The number of methoxy groups -OCH3 is 1. The van der Waals surface area contributed by atoms with Crippen LogP contribution < -0.4 is 10.2 Å². The minimum Gasteiger partial charge on any atom is -0.495 e. The highest BCUT2D eigenvalue weighted by Crippen LogP contribution is 2.41. The van der Waals surface area contributed by atoms with E-state index in [4.69, 9.17) is 9.47 Å². The maximum absolute atomic E-state index is 13.8. The van der Waals surface area contributed by atoms with Gasteiger partial charge in [0, 0.05) is 24.6 Å². The lowest BCUT2D eigenvalue weighted by molar-refractivity contribution is -0.122. The standard InChI is InChI=1S/C25H27FN2O5/c1-15(29)28-20-14-18(26)9-10-19(20)21(23(28)30)22(32-5)17-8-6-7-16(13-17)11-12-27-24(31)33-25(2,3)4/h6-10,13-14H,11-12H2,1-5H3,(H,27,31). The molecule has 0 unspecified atom stereocenters. The molecule has 0 saturated carbocycles. The molecular weight excluding hydrogens is 427 g/mol. The van der Waals surface area contributed by atoms with Crippen LogP contribution in [0.4, 0.5) is 14.9 Å². The smallest absolute Gasteiger partial charge is 0.407 e. The molecule has 8 heteroatoms. The average molecular weight is 454 g/mol. The Balaban J connectivity index is 1.90. The van der Waals surface area contributed by atoms with E-state index < -0.39 is 29.3 Å². The van der Waals surface area contributed by atoms with Gasteiger partial charge in [0.25, 0.3) is 5.91 Å². The molecule has 0 fully saturated rings. The number of halogens is 1. The lowest BCUT2D eigenvalue weighted by atomic mass is 10.00. The number of hydrogen-bond donors (Lipinski definition) is 1. The number of nitrogens with zero attached hydrogens (tertiary/aromatic N) is 1. The second-order valence-electron chi connectivity index (χ2n) is 8.61. The van der Waals surface area contributed by atoms with E-state index in [2.05, 4.69) is 5.32 Å². The van der Waals surface area contributed by atoms with Gasteiger partial charge in [-0.2, -0.15) is 0 Å². The van der Waals surface area contributed by atoms with Crippen LogP contribution in [-0.2, 0) is 25.5 Å². The monoisotopic (exact) mass is 454 g/mol. The number of nitrogens with one attached hydrogen (secondary N) is 1. The Kier molecular flexibility index (Phi) is 6.86. The average Bonchev–Trinajstić information content (AvgIpc) is 2.99. The van der Waals surface area contributed by atoms with Gasteiger partial charge >= 0.3 is 6.09 Å². The van der Waals surface area contributed by atoms with E-state index in [9.17, 15) is 18.8 Å². The predicted octanol–water partition coefficient (Wildman–Crippen LogP) is 4.30. The Morgan fingerprint density at radius 2 is 1.85 bits per heavy atom. The Hall–Kier alpha value is -3.68. The van der Waals surface area contributed by atoms with E-state index in [0.29, 0.717) is 24.1 Å². The van der Waals surface area contributed by atoms with Gasteiger partial charge in [-0.1, -0.05) is 18.2 Å². The van der Waals surface area contributed by atoms with Crippen LogP contribution in [0, 0.1) is 5.82 Å². The molecule has 1 aliphatic rings. The highest BCUT2D eigenvalue weighted by Gasteiger charge is 2.38. The first kappa shape index (κ1) is 24.0. The highest BCUT2D eigenvalue weighted by molar-refractivity contribution is 6.42. The zero-order chi connectivity index (χ0) is 24.3. The van der Waals surface area contributed by atoms with Crippen molar-refractivity contribution in [3.8, 4) is 0 Å². The molecule has 2 aromatic rings. The van der Waals surface area contributed by atoms with Crippen LogP contribution in [0.15, 0.2) is 42.5 Å². The van der Waals surface area contributed by atoms with Crippen molar-refractivity contribution in [2.24, 2.45) is 0 Å². The van der Waals surface area contributed by atoms with Crippen LogP contribution in [0.2, 0.25) is 0 Å². The van der Waals surface area contributed by atoms with Gasteiger partial charge in [0.15, 0.2) is 0 Å². The second kappa shape index (κ2) is 9.44. The largest absolute Gasteiger partial charge is 0.495 e. The summed E-state index contributed by atoms with van der Waals surface area (Å²) in [4.78, 5) is 38.0. The first-order valence-electron chi connectivity index (χ1n) is 10.5. The molecule has 1 heterocycles. The molecule has 3 rings (SSSR count). The lowest BCUT2D eigenvalue weighted by Gasteiger charge is -2.19. The Labute approximate surface area is 192 Å². The summed E-state index contributed by atoms with van der Waals surface area (Å²) in [5.41, 5.74) is 1.74. The number of hydrogen-bond acceptors (Lipinski definition) is 5. The van der Waals surface area contributed by atoms with Crippen LogP contribution in [0.5, 0.6) is 0 Å². The maximum Gasteiger partial charge on any atom is 0.407 e. The highest BCUT2D eigenvalue weighted by atomic mass is 19.1. The van der Waals surface area contributed by atoms with Crippen molar-refractivity contribution in [1.82, 2.24) is 5.32 Å². The number of benzene rings is 2. The molecular formula is C25H27FN2O5. The molecule has 0 radical (unpaired) electrons. The summed E-state index contributed by atoms with van der Waals surface area (Å²) in [6, 6.07) is 11.2. The zero-order valence-electron chi connectivity index (χ0n) is 19.3. The van der Waals surface area contributed by atoms with Crippen LogP contribution in [0.3, 0.4) is 0 Å². The van der Waals surface area contributed by atoms with E-state index in [0.717, 1.165) is 16.5 Å². The van der Waals surface area contributed by atoms with Crippen molar-refractivity contribution in [3.05, 3.63) is 65.0 Å². The van der Waals surface area contributed by atoms with Gasteiger partial charge in [-0.15, -0.1) is 0 Å². The van der Waals surface area contributed by atoms with Crippen LogP contribution >= 0.6 is 0 Å². The molecule has 0 aliphatic carbocycles. The summed E-state index contributed by atoms with van der Waals surface area (Å²) in [6.07, 6.45) is 0.0254. The normalized spacial score (nSPS) is 14.6. The predicted molar refractivity (Wildman–Crippen MR) is 123 cm³/mol. The van der Waals surface area contributed by atoms with Crippen molar-refractivity contribution in [2.75, 3.05) is 18.6 Å². The lowest BCUT2D eigenvalue weighted by Crippen LogP contribution is -2.33. The first-order chi connectivity index (χ1) is 15.5. The Morgan fingerprint density at radius 1 is 1.12 bits per heavy atom. The fraction of sp³-hybridized carbons (Fsp3) is 0.320. The fourth-order valence-electron chi connectivity index (χ4n) is 3.63. The molecule has 1 N–H and O–H groups in total. The number of rotatable bonds is 5. The van der Waals surface area contributed by atoms with E-state index in [-0.39, 0.29) is 17.0 Å². The molecule has 0 saturated heterocycles. The van der Waals surface area contributed by atoms with Crippen molar-refractivity contribution in [3.63, 3.8) is 0 Å². The SMILES string of the molecule is COC(=C1C(=O)N(C(C)=O)c2cc(F)ccc21)c1cccc(CCNC(=O)OC(C)(C)C)c1. The van der Waals surface area contributed by atoms with E-state index in [1.165, 1.54) is 26.2 Å². The topological polar surface area (TPSA) is 84.9 Å². The molecule has 174 valence electrons. The molecule has 3 amide bonds. The summed E-state index contributed by atoms with van der Waals surface area (Å²) in [5.74, 6) is -1.36. The molecule has 2 aromatic carbocycles. The van der Waals surface area contributed by atoms with E-state index in [1.54, 1.807) is 26.8 Å². The number of carbonyl (C=O) groups is 3. The number of ether oxygens (including phenoxy) is 2. The fourth-order valence-corrected chi connectivity index (χ4v) is 3.63. The minimum absolute atomic E-state index is 0.187. The van der Waals surface area contributed by atoms with Crippen LogP contribution in [-0.4, -0.2) is 37.2 Å². The van der Waals surface area contributed by atoms with Crippen molar-refractivity contribution in [1.29, 1.82) is 0 Å². The summed E-state index contributed by atoms with van der Waals surface area (Å²) in [7, 11) is 1.44. The molecule has 0 atom stereocenters. The van der Waals surface area contributed by atoms with Crippen LogP contribution in [0.25, 0.3) is 11.3 Å². The number of fused-ring (bicyclic) bond motifs is 1. The third-order valence-electron chi connectivity index (χ3n) is 4.90. The summed E-state index contributed by atoms with van der Waals surface area (Å²) in [5, 5.41) is 2.71. The molecule has 1 aliphatic heterocycles. The van der Waals surface area contributed by atoms with E-state index >= 15 is 0 Å². The summed E-state index contributed by atoms with van der Waals surface area (Å²) >= 11 is 0. The third-order valence-corrected chi connectivity index (χ3v) is 4.90. The third kappa shape index (κ3) is 5.39. The van der Waals surface area contributed by atoms with E-state index in [1.807, 2.05) is 18.2 Å². The zero-order valence-corrected chi connectivity index (χ0v) is 19.3. The maximum atomic E-state index is 13.8. The minimum atomic E-state index is -0.579. The number of carbonyl (C=O) groups excluding carboxylic acids is 3.